The van der Waals surface area contributed by atoms with E-state index in [0.717, 1.165) is 0 Å². The second-order valence-electron chi connectivity index (χ2n) is 2.91. The molecule has 0 bridgehead atoms. The van der Waals surface area contributed by atoms with Crippen molar-refractivity contribution in [1.82, 2.24) is 15.3 Å². The summed E-state index contributed by atoms with van der Waals surface area (Å²) in [5.41, 5.74) is 6.83. The number of anilines is 1. The highest BCUT2D eigenvalue weighted by atomic mass is 32.1. The number of amides is 1. The molecule has 2 rings (SSSR count). The Labute approximate surface area is 90.3 Å². The summed E-state index contributed by atoms with van der Waals surface area (Å²) in [6.07, 6.45) is 3.15. The molecule has 0 saturated carbocycles. The second kappa shape index (κ2) is 3.82. The van der Waals surface area contributed by atoms with Gasteiger partial charge in [-0.15, -0.1) is 11.3 Å². The van der Waals surface area contributed by atoms with Crippen LogP contribution in [0.3, 0.4) is 0 Å². The van der Waals surface area contributed by atoms with Gasteiger partial charge in [-0.2, -0.15) is 0 Å². The zero-order valence-corrected chi connectivity index (χ0v) is 8.97. The van der Waals surface area contributed by atoms with Crippen molar-refractivity contribution in [1.29, 1.82) is 0 Å². The highest BCUT2D eigenvalue weighted by Crippen LogP contribution is 2.29. The van der Waals surface area contributed by atoms with Gasteiger partial charge in [0.25, 0.3) is 5.91 Å². The maximum absolute atomic E-state index is 11.6. The summed E-state index contributed by atoms with van der Waals surface area (Å²) >= 11 is 1.26. The lowest BCUT2D eigenvalue weighted by atomic mass is 10.3. The van der Waals surface area contributed by atoms with Crippen molar-refractivity contribution in [3.05, 3.63) is 17.3 Å². The molecule has 78 valence electrons. The Bertz CT molecular complexity index is 508. The Morgan fingerprint density at radius 2 is 2.27 bits per heavy atom. The highest BCUT2D eigenvalue weighted by molar-refractivity contribution is 7.21. The van der Waals surface area contributed by atoms with Gasteiger partial charge in [-0.1, -0.05) is 0 Å². The van der Waals surface area contributed by atoms with Crippen LogP contribution in [0.4, 0.5) is 5.69 Å². The molecule has 0 aliphatic rings. The van der Waals surface area contributed by atoms with Crippen LogP contribution >= 0.6 is 11.3 Å². The van der Waals surface area contributed by atoms with E-state index in [9.17, 15) is 4.79 Å². The minimum atomic E-state index is -0.167. The fourth-order valence-electron chi connectivity index (χ4n) is 1.25. The van der Waals surface area contributed by atoms with Gasteiger partial charge in [-0.25, -0.2) is 9.97 Å². The number of nitrogens with zero attached hydrogens (tertiary/aromatic N) is 2. The normalized spacial score (nSPS) is 10.5. The molecular formula is C9H10N4OS. The molecule has 0 aliphatic carbocycles. The van der Waals surface area contributed by atoms with E-state index in [4.69, 9.17) is 5.73 Å². The van der Waals surface area contributed by atoms with Gasteiger partial charge in [0.05, 0.1) is 5.69 Å². The number of nitrogen functional groups attached to an aromatic ring is 1. The summed E-state index contributed by atoms with van der Waals surface area (Å²) < 4.78 is 0. The fourth-order valence-corrected chi connectivity index (χ4v) is 2.19. The molecule has 2 aromatic heterocycles. The van der Waals surface area contributed by atoms with E-state index in [2.05, 4.69) is 15.3 Å². The van der Waals surface area contributed by atoms with Crippen LogP contribution in [0, 0.1) is 0 Å². The van der Waals surface area contributed by atoms with Gasteiger partial charge in [0, 0.05) is 18.9 Å². The SMILES string of the molecule is CCNC(=O)c1sc2nccnc2c1N. The average Bonchev–Trinajstić information content (AvgIpc) is 2.57. The Morgan fingerprint density at radius 1 is 1.53 bits per heavy atom. The van der Waals surface area contributed by atoms with Crippen LogP contribution in [-0.4, -0.2) is 22.4 Å². The Balaban J connectivity index is 2.53. The molecule has 15 heavy (non-hydrogen) atoms. The minimum absolute atomic E-state index is 0.167. The van der Waals surface area contributed by atoms with E-state index in [-0.39, 0.29) is 5.91 Å². The largest absolute Gasteiger partial charge is 0.396 e. The van der Waals surface area contributed by atoms with E-state index in [1.54, 1.807) is 12.4 Å². The highest BCUT2D eigenvalue weighted by Gasteiger charge is 2.16. The molecule has 0 aliphatic heterocycles. The third kappa shape index (κ3) is 1.63. The standard InChI is InChI=1S/C9H10N4OS/c1-2-11-8(14)7-5(10)6-9(15-7)13-4-3-12-6/h3-4H,2,10H2,1H3,(H,11,14). The van der Waals surface area contributed by atoms with Crippen molar-refractivity contribution >= 4 is 33.3 Å². The van der Waals surface area contributed by atoms with Crippen molar-refractivity contribution in [3.8, 4) is 0 Å². The predicted molar refractivity (Wildman–Crippen MR) is 59.8 cm³/mol. The summed E-state index contributed by atoms with van der Waals surface area (Å²) in [4.78, 5) is 21.0. The molecule has 0 unspecified atom stereocenters. The lowest BCUT2D eigenvalue weighted by Crippen LogP contribution is -2.22. The third-order valence-electron chi connectivity index (χ3n) is 1.91. The van der Waals surface area contributed by atoms with Gasteiger partial charge >= 0.3 is 0 Å². The molecule has 0 spiro atoms. The molecule has 1 amide bonds. The summed E-state index contributed by atoms with van der Waals surface area (Å²) in [5, 5.41) is 2.70. The van der Waals surface area contributed by atoms with Gasteiger partial charge in [0.1, 0.15) is 15.2 Å². The smallest absolute Gasteiger partial charge is 0.263 e. The fraction of sp³-hybridized carbons (Fsp3) is 0.222. The first-order valence-corrected chi connectivity index (χ1v) is 5.33. The summed E-state index contributed by atoms with van der Waals surface area (Å²) in [6, 6.07) is 0. The van der Waals surface area contributed by atoms with Crippen molar-refractivity contribution in [2.24, 2.45) is 0 Å². The van der Waals surface area contributed by atoms with E-state index in [1.165, 1.54) is 11.3 Å². The van der Waals surface area contributed by atoms with Crippen LogP contribution in [0.2, 0.25) is 0 Å². The van der Waals surface area contributed by atoms with E-state index >= 15 is 0 Å². The van der Waals surface area contributed by atoms with Gasteiger partial charge in [-0.3, -0.25) is 4.79 Å². The van der Waals surface area contributed by atoms with Crippen molar-refractivity contribution in [2.45, 2.75) is 6.92 Å². The van der Waals surface area contributed by atoms with Crippen LogP contribution in [0.1, 0.15) is 16.6 Å². The second-order valence-corrected chi connectivity index (χ2v) is 3.91. The maximum Gasteiger partial charge on any atom is 0.263 e. The topological polar surface area (TPSA) is 80.9 Å². The molecule has 0 fully saturated rings. The number of rotatable bonds is 2. The van der Waals surface area contributed by atoms with E-state index in [0.29, 0.717) is 27.5 Å². The predicted octanol–water partition coefficient (Wildman–Crippen LogP) is 1.02. The van der Waals surface area contributed by atoms with Crippen LogP contribution in [-0.2, 0) is 0 Å². The van der Waals surface area contributed by atoms with Crippen LogP contribution in [0.5, 0.6) is 0 Å². The number of carbonyl (C=O) groups excluding carboxylic acids is 1. The number of carbonyl (C=O) groups is 1. The third-order valence-corrected chi connectivity index (χ3v) is 3.01. The monoisotopic (exact) mass is 222 g/mol. The van der Waals surface area contributed by atoms with Crippen LogP contribution in [0.15, 0.2) is 12.4 Å². The Kier molecular flexibility index (Phi) is 2.51. The minimum Gasteiger partial charge on any atom is -0.396 e. The lowest BCUT2D eigenvalue weighted by molar-refractivity contribution is 0.0960. The number of aromatic nitrogens is 2. The maximum atomic E-state index is 11.6. The number of hydrogen-bond donors (Lipinski definition) is 2. The van der Waals surface area contributed by atoms with Crippen molar-refractivity contribution < 1.29 is 4.79 Å². The van der Waals surface area contributed by atoms with Gasteiger partial charge in [0.15, 0.2) is 0 Å². The van der Waals surface area contributed by atoms with Gasteiger partial charge < -0.3 is 11.1 Å². The number of nitrogens with two attached hydrogens (primary N) is 1. The molecule has 0 atom stereocenters. The molecule has 2 heterocycles. The molecule has 5 nitrogen and oxygen atoms in total. The number of fused-ring (bicyclic) bond motifs is 1. The number of nitrogens with one attached hydrogen (secondary N) is 1. The molecule has 0 aromatic carbocycles. The van der Waals surface area contributed by atoms with Crippen molar-refractivity contribution in [2.75, 3.05) is 12.3 Å². The first kappa shape index (κ1) is 9.85. The zero-order chi connectivity index (χ0) is 10.8. The zero-order valence-electron chi connectivity index (χ0n) is 8.15. The first-order valence-electron chi connectivity index (χ1n) is 4.51. The lowest BCUT2D eigenvalue weighted by Gasteiger charge is -1.98. The van der Waals surface area contributed by atoms with Crippen molar-refractivity contribution in [3.63, 3.8) is 0 Å². The van der Waals surface area contributed by atoms with Crippen LogP contribution < -0.4 is 11.1 Å². The van der Waals surface area contributed by atoms with E-state index < -0.39 is 0 Å². The molecule has 3 N–H and O–H groups in total. The molecule has 0 saturated heterocycles. The Hall–Kier alpha value is -1.69. The number of thiophene rings is 1. The summed E-state index contributed by atoms with van der Waals surface area (Å²) in [6.45, 7) is 2.44. The summed E-state index contributed by atoms with van der Waals surface area (Å²) in [5.74, 6) is -0.167. The molecule has 0 radical (unpaired) electrons. The molecular weight excluding hydrogens is 212 g/mol. The summed E-state index contributed by atoms with van der Waals surface area (Å²) in [7, 11) is 0. The average molecular weight is 222 g/mol. The van der Waals surface area contributed by atoms with Gasteiger partial charge in [0.2, 0.25) is 0 Å². The number of hydrogen-bond acceptors (Lipinski definition) is 5. The first-order chi connectivity index (χ1) is 7.24. The van der Waals surface area contributed by atoms with Gasteiger partial charge in [-0.05, 0) is 6.92 Å². The van der Waals surface area contributed by atoms with E-state index in [1.807, 2.05) is 6.92 Å². The quantitative estimate of drug-likeness (QED) is 0.795. The molecule has 6 heteroatoms. The van der Waals surface area contributed by atoms with Crippen LogP contribution in [0.25, 0.3) is 10.3 Å². The molecule has 2 aromatic rings. The Morgan fingerprint density at radius 3 is 2.93 bits per heavy atom.